The second kappa shape index (κ2) is 6.22. The Labute approximate surface area is 129 Å². The van der Waals surface area contributed by atoms with E-state index in [2.05, 4.69) is 11.4 Å². The average molecular weight is 301 g/mol. The molecule has 0 radical (unpaired) electrons. The molecule has 1 fully saturated rings. The maximum atomic E-state index is 12.0. The summed E-state index contributed by atoms with van der Waals surface area (Å²) >= 11 is 0. The Morgan fingerprint density at radius 1 is 1.18 bits per heavy atom. The molecule has 5 nitrogen and oxygen atoms in total. The predicted octanol–water partition coefficient (Wildman–Crippen LogP) is 2.28. The number of benzene rings is 1. The van der Waals surface area contributed by atoms with Crippen molar-refractivity contribution in [1.82, 2.24) is 5.32 Å². The van der Waals surface area contributed by atoms with Crippen molar-refractivity contribution in [1.29, 1.82) is 0 Å². The van der Waals surface area contributed by atoms with Crippen LogP contribution in [-0.2, 0) is 20.9 Å². The first-order valence-electron chi connectivity index (χ1n) is 7.42. The number of ether oxygens (including phenoxy) is 2. The van der Waals surface area contributed by atoms with Crippen LogP contribution in [0, 0.1) is 17.8 Å². The van der Waals surface area contributed by atoms with Gasteiger partial charge in [0.1, 0.15) is 6.61 Å². The van der Waals surface area contributed by atoms with Crippen molar-refractivity contribution in [3.63, 3.8) is 0 Å². The molecular formula is C17H19NO4. The first-order chi connectivity index (χ1) is 10.7. The molecule has 2 aliphatic carbocycles. The summed E-state index contributed by atoms with van der Waals surface area (Å²) < 4.78 is 10.1. The highest BCUT2D eigenvalue weighted by Crippen LogP contribution is 2.44. The summed E-state index contributed by atoms with van der Waals surface area (Å²) in [5, 5.41) is 2.83. The minimum Gasteiger partial charge on any atom is -0.469 e. The van der Waals surface area contributed by atoms with Crippen LogP contribution in [0.1, 0.15) is 12.0 Å². The molecule has 1 saturated carbocycles. The van der Waals surface area contributed by atoms with E-state index in [0.29, 0.717) is 0 Å². The third kappa shape index (κ3) is 2.84. The highest BCUT2D eigenvalue weighted by Gasteiger charge is 2.49. The van der Waals surface area contributed by atoms with Crippen LogP contribution in [0.5, 0.6) is 0 Å². The number of allylic oxidation sites excluding steroid dienone is 1. The van der Waals surface area contributed by atoms with Gasteiger partial charge < -0.3 is 14.8 Å². The fourth-order valence-electron chi connectivity index (χ4n) is 3.38. The standard InChI is InChI=1S/C17H19NO4/c1-21-16(19)14-12-7-8-13(9-12)15(14)18-17(20)22-10-11-5-3-2-4-6-11/h2-8,12-15H,9-10H2,1H3,(H,18,20)/t12-,13+,14+,15+/m0/s1. The molecule has 22 heavy (non-hydrogen) atoms. The molecule has 0 aromatic heterocycles. The zero-order valence-corrected chi connectivity index (χ0v) is 12.4. The normalized spacial score (nSPS) is 28.4. The maximum Gasteiger partial charge on any atom is 0.407 e. The van der Waals surface area contributed by atoms with Gasteiger partial charge in [0.15, 0.2) is 0 Å². The Bertz CT molecular complexity index is 584. The Morgan fingerprint density at radius 2 is 1.91 bits per heavy atom. The zero-order valence-electron chi connectivity index (χ0n) is 12.4. The van der Waals surface area contributed by atoms with Crippen LogP contribution >= 0.6 is 0 Å². The van der Waals surface area contributed by atoms with Gasteiger partial charge in [-0.2, -0.15) is 0 Å². The number of esters is 1. The number of carbonyl (C=O) groups is 2. The van der Waals surface area contributed by atoms with E-state index in [4.69, 9.17) is 9.47 Å². The van der Waals surface area contributed by atoms with E-state index in [1.54, 1.807) is 0 Å². The zero-order chi connectivity index (χ0) is 15.5. The monoisotopic (exact) mass is 301 g/mol. The number of amides is 1. The van der Waals surface area contributed by atoms with Crippen molar-refractivity contribution < 1.29 is 19.1 Å². The third-order valence-electron chi connectivity index (χ3n) is 4.43. The van der Waals surface area contributed by atoms with Gasteiger partial charge in [-0.05, 0) is 23.8 Å². The van der Waals surface area contributed by atoms with Gasteiger partial charge in [-0.3, -0.25) is 4.79 Å². The molecule has 0 spiro atoms. The number of alkyl carbamates (subject to hydrolysis) is 1. The maximum absolute atomic E-state index is 12.0. The topological polar surface area (TPSA) is 64.6 Å². The van der Waals surface area contributed by atoms with Gasteiger partial charge in [-0.25, -0.2) is 4.79 Å². The van der Waals surface area contributed by atoms with E-state index in [-0.39, 0.29) is 36.4 Å². The smallest absolute Gasteiger partial charge is 0.407 e. The highest BCUT2D eigenvalue weighted by atomic mass is 16.5. The molecule has 0 aliphatic heterocycles. The first kappa shape index (κ1) is 14.6. The van der Waals surface area contributed by atoms with Gasteiger partial charge in [0.2, 0.25) is 0 Å². The first-order valence-corrected chi connectivity index (χ1v) is 7.42. The van der Waals surface area contributed by atoms with Gasteiger partial charge in [-0.1, -0.05) is 42.5 Å². The molecule has 0 unspecified atom stereocenters. The van der Waals surface area contributed by atoms with E-state index in [0.717, 1.165) is 12.0 Å². The van der Waals surface area contributed by atoms with Gasteiger partial charge in [0, 0.05) is 0 Å². The van der Waals surface area contributed by atoms with Crippen LogP contribution in [0.15, 0.2) is 42.5 Å². The van der Waals surface area contributed by atoms with Crippen molar-refractivity contribution in [2.45, 2.75) is 19.1 Å². The van der Waals surface area contributed by atoms with Crippen LogP contribution in [-0.4, -0.2) is 25.2 Å². The molecule has 2 bridgehead atoms. The Kier molecular flexibility index (Phi) is 4.13. The quantitative estimate of drug-likeness (QED) is 0.684. The lowest BCUT2D eigenvalue weighted by Gasteiger charge is -2.26. The number of fused-ring (bicyclic) bond motifs is 2. The fraction of sp³-hybridized carbons (Fsp3) is 0.412. The van der Waals surface area contributed by atoms with Gasteiger partial charge in [0.05, 0.1) is 19.1 Å². The lowest BCUT2D eigenvalue weighted by molar-refractivity contribution is -0.147. The van der Waals surface area contributed by atoms with Crippen molar-refractivity contribution in [2.24, 2.45) is 17.8 Å². The third-order valence-corrected chi connectivity index (χ3v) is 4.43. The van der Waals surface area contributed by atoms with Crippen LogP contribution < -0.4 is 5.32 Å². The summed E-state index contributed by atoms with van der Waals surface area (Å²) in [5.41, 5.74) is 0.926. The second-order valence-corrected chi connectivity index (χ2v) is 5.73. The molecule has 2 aliphatic rings. The van der Waals surface area contributed by atoms with Gasteiger partial charge >= 0.3 is 12.1 Å². The van der Waals surface area contributed by atoms with Gasteiger partial charge in [-0.15, -0.1) is 0 Å². The van der Waals surface area contributed by atoms with Crippen LogP contribution in [0.25, 0.3) is 0 Å². The molecule has 1 N–H and O–H groups in total. The lowest BCUT2D eigenvalue weighted by atomic mass is 9.89. The summed E-state index contributed by atoms with van der Waals surface area (Å²) in [4.78, 5) is 23.9. The Morgan fingerprint density at radius 3 is 2.64 bits per heavy atom. The fourth-order valence-corrected chi connectivity index (χ4v) is 3.38. The molecule has 1 aromatic carbocycles. The number of methoxy groups -OCH3 is 1. The Hall–Kier alpha value is -2.30. The van der Waals surface area contributed by atoms with E-state index in [9.17, 15) is 9.59 Å². The summed E-state index contributed by atoms with van der Waals surface area (Å²) in [6, 6.07) is 9.24. The highest BCUT2D eigenvalue weighted by molar-refractivity contribution is 5.77. The van der Waals surface area contributed by atoms with Crippen LogP contribution in [0.2, 0.25) is 0 Å². The number of carbonyl (C=O) groups excluding carboxylic acids is 2. The van der Waals surface area contributed by atoms with Crippen molar-refractivity contribution in [2.75, 3.05) is 7.11 Å². The van der Waals surface area contributed by atoms with Crippen molar-refractivity contribution in [3.05, 3.63) is 48.0 Å². The summed E-state index contributed by atoms with van der Waals surface area (Å²) in [6.45, 7) is 0.215. The van der Waals surface area contributed by atoms with Crippen molar-refractivity contribution >= 4 is 12.1 Å². The predicted molar refractivity (Wildman–Crippen MR) is 79.8 cm³/mol. The van der Waals surface area contributed by atoms with Crippen molar-refractivity contribution in [3.8, 4) is 0 Å². The van der Waals surface area contributed by atoms with E-state index in [1.807, 2.05) is 36.4 Å². The average Bonchev–Trinajstić information content (AvgIpc) is 3.14. The lowest BCUT2D eigenvalue weighted by Crippen LogP contribution is -2.46. The number of hydrogen-bond donors (Lipinski definition) is 1. The number of nitrogens with one attached hydrogen (secondary N) is 1. The molecule has 0 heterocycles. The van der Waals surface area contributed by atoms with E-state index >= 15 is 0 Å². The minimum absolute atomic E-state index is 0.150. The van der Waals surface area contributed by atoms with E-state index in [1.165, 1.54) is 7.11 Å². The molecule has 5 heteroatoms. The molecule has 3 rings (SSSR count). The van der Waals surface area contributed by atoms with E-state index < -0.39 is 6.09 Å². The summed E-state index contributed by atoms with van der Waals surface area (Å²) in [5.74, 6) is -0.260. The van der Waals surface area contributed by atoms with Crippen LogP contribution in [0.4, 0.5) is 4.79 Å². The van der Waals surface area contributed by atoms with Crippen LogP contribution in [0.3, 0.4) is 0 Å². The van der Waals surface area contributed by atoms with Gasteiger partial charge in [0.25, 0.3) is 0 Å². The Balaban J connectivity index is 1.58. The molecule has 1 amide bonds. The molecule has 4 atom stereocenters. The SMILES string of the molecule is COC(=O)[C@H]1[C@H](NC(=O)OCc2ccccc2)[C@@H]2C=C[C@H]1C2. The number of rotatable bonds is 4. The largest absolute Gasteiger partial charge is 0.469 e. The summed E-state index contributed by atoms with van der Waals surface area (Å²) in [6.07, 6.45) is 4.48. The molecule has 1 aromatic rings. The molecule has 116 valence electrons. The summed E-state index contributed by atoms with van der Waals surface area (Å²) in [7, 11) is 1.38. The molecule has 0 saturated heterocycles. The second-order valence-electron chi connectivity index (χ2n) is 5.73. The number of hydrogen-bond acceptors (Lipinski definition) is 4. The minimum atomic E-state index is -0.497. The molecular weight excluding hydrogens is 282 g/mol.